The topological polar surface area (TPSA) is 55.8 Å². The quantitative estimate of drug-likeness (QED) is 0.888. The van der Waals surface area contributed by atoms with Gasteiger partial charge in [-0.1, -0.05) is 12.1 Å². The third kappa shape index (κ3) is 3.11. The zero-order valence-electron chi connectivity index (χ0n) is 11.3. The van der Waals surface area contributed by atoms with Crippen LogP contribution in [0.25, 0.3) is 0 Å². The van der Waals surface area contributed by atoms with Crippen LogP contribution in [-0.4, -0.2) is 25.3 Å². The van der Waals surface area contributed by atoms with Crippen LogP contribution in [0.1, 0.15) is 16.4 Å². The highest BCUT2D eigenvalue weighted by molar-refractivity contribution is 7.10. The van der Waals surface area contributed by atoms with Gasteiger partial charge < -0.3 is 14.6 Å². The summed E-state index contributed by atoms with van der Waals surface area (Å²) in [5.74, 6) is -0.102. The van der Waals surface area contributed by atoms with E-state index in [4.69, 9.17) is 9.47 Å². The SMILES string of the molecule is COc1ccc(CC(C(=O)O)c2cccs2)cc1OC. The fourth-order valence-corrected chi connectivity index (χ4v) is 2.86. The van der Waals surface area contributed by atoms with Gasteiger partial charge in [-0.15, -0.1) is 11.3 Å². The lowest BCUT2D eigenvalue weighted by molar-refractivity contribution is -0.138. The van der Waals surface area contributed by atoms with E-state index < -0.39 is 11.9 Å². The average Bonchev–Trinajstić information content (AvgIpc) is 2.97. The Morgan fingerprint density at radius 2 is 2.00 bits per heavy atom. The molecule has 0 aliphatic heterocycles. The highest BCUT2D eigenvalue weighted by atomic mass is 32.1. The van der Waals surface area contributed by atoms with Gasteiger partial charge in [0.1, 0.15) is 0 Å². The molecule has 0 spiro atoms. The molecule has 4 nitrogen and oxygen atoms in total. The van der Waals surface area contributed by atoms with Gasteiger partial charge in [-0.3, -0.25) is 4.79 Å². The molecule has 0 fully saturated rings. The van der Waals surface area contributed by atoms with Gasteiger partial charge in [0, 0.05) is 4.88 Å². The molecule has 1 atom stereocenters. The number of benzene rings is 1. The zero-order chi connectivity index (χ0) is 14.5. The molecular weight excluding hydrogens is 276 g/mol. The number of carbonyl (C=O) groups is 1. The molecular formula is C15H16O4S. The van der Waals surface area contributed by atoms with Crippen LogP contribution in [0, 0.1) is 0 Å². The van der Waals surface area contributed by atoms with Gasteiger partial charge in [0.05, 0.1) is 20.1 Å². The molecule has 0 bridgehead atoms. The van der Waals surface area contributed by atoms with Gasteiger partial charge >= 0.3 is 5.97 Å². The molecule has 0 saturated carbocycles. The Labute approximate surface area is 121 Å². The predicted molar refractivity (Wildman–Crippen MR) is 77.9 cm³/mol. The first-order chi connectivity index (χ1) is 9.65. The molecule has 0 aliphatic carbocycles. The first kappa shape index (κ1) is 14.4. The van der Waals surface area contributed by atoms with E-state index in [0.29, 0.717) is 17.9 Å². The van der Waals surface area contributed by atoms with Crippen molar-refractivity contribution < 1.29 is 19.4 Å². The van der Waals surface area contributed by atoms with Crippen molar-refractivity contribution in [2.24, 2.45) is 0 Å². The second kappa shape index (κ2) is 6.43. The molecule has 0 aliphatic rings. The minimum Gasteiger partial charge on any atom is -0.493 e. The second-order valence-electron chi connectivity index (χ2n) is 4.30. The van der Waals surface area contributed by atoms with Crippen molar-refractivity contribution in [1.29, 1.82) is 0 Å². The molecule has 1 heterocycles. The van der Waals surface area contributed by atoms with Crippen LogP contribution in [0.3, 0.4) is 0 Å². The van der Waals surface area contributed by atoms with Crippen LogP contribution in [-0.2, 0) is 11.2 Å². The summed E-state index contributed by atoms with van der Waals surface area (Å²) < 4.78 is 10.4. The molecule has 20 heavy (non-hydrogen) atoms. The molecule has 0 amide bonds. The van der Waals surface area contributed by atoms with Crippen molar-refractivity contribution in [1.82, 2.24) is 0 Å². The standard InChI is InChI=1S/C15H16O4S/c1-18-12-6-5-10(9-13(12)19-2)8-11(15(16)17)14-4-3-7-20-14/h3-7,9,11H,8H2,1-2H3,(H,16,17). The van der Waals surface area contributed by atoms with Crippen LogP contribution in [0.4, 0.5) is 0 Å². The second-order valence-corrected chi connectivity index (χ2v) is 5.28. The van der Waals surface area contributed by atoms with E-state index in [1.54, 1.807) is 20.3 Å². The summed E-state index contributed by atoms with van der Waals surface area (Å²) in [6.45, 7) is 0. The number of hydrogen-bond acceptors (Lipinski definition) is 4. The number of thiophene rings is 1. The Morgan fingerprint density at radius 1 is 1.25 bits per heavy atom. The molecule has 1 unspecified atom stereocenters. The summed E-state index contributed by atoms with van der Waals surface area (Å²) in [4.78, 5) is 12.3. The first-order valence-electron chi connectivity index (χ1n) is 6.12. The lowest BCUT2D eigenvalue weighted by Gasteiger charge is -2.13. The molecule has 2 rings (SSSR count). The maximum Gasteiger partial charge on any atom is 0.312 e. The molecule has 1 N–H and O–H groups in total. The maximum absolute atomic E-state index is 11.4. The van der Waals surface area contributed by atoms with Crippen LogP contribution in [0.5, 0.6) is 11.5 Å². The van der Waals surface area contributed by atoms with E-state index in [9.17, 15) is 9.90 Å². The Morgan fingerprint density at radius 3 is 2.55 bits per heavy atom. The number of aliphatic carboxylic acids is 1. The monoisotopic (exact) mass is 292 g/mol. The van der Waals surface area contributed by atoms with E-state index in [0.717, 1.165) is 10.4 Å². The van der Waals surface area contributed by atoms with Gasteiger partial charge in [0.25, 0.3) is 0 Å². The molecule has 1 aromatic heterocycles. The van der Waals surface area contributed by atoms with Crippen molar-refractivity contribution >= 4 is 17.3 Å². The molecule has 0 radical (unpaired) electrons. The highest BCUT2D eigenvalue weighted by Crippen LogP contribution is 2.31. The Bertz CT molecular complexity index is 578. The highest BCUT2D eigenvalue weighted by Gasteiger charge is 2.21. The lowest BCUT2D eigenvalue weighted by atomic mass is 9.97. The third-order valence-corrected chi connectivity index (χ3v) is 4.06. The summed E-state index contributed by atoms with van der Waals surface area (Å²) in [5, 5.41) is 11.3. The molecule has 106 valence electrons. The van der Waals surface area contributed by atoms with E-state index in [1.807, 2.05) is 29.6 Å². The maximum atomic E-state index is 11.4. The molecule has 2 aromatic rings. The summed E-state index contributed by atoms with van der Waals surface area (Å²) in [5.41, 5.74) is 0.906. The van der Waals surface area contributed by atoms with Gasteiger partial charge in [0.2, 0.25) is 0 Å². The molecule has 1 aromatic carbocycles. The van der Waals surface area contributed by atoms with Crippen LogP contribution in [0.2, 0.25) is 0 Å². The number of rotatable bonds is 6. The van der Waals surface area contributed by atoms with Crippen molar-refractivity contribution in [3.05, 3.63) is 46.2 Å². The Kier molecular flexibility index (Phi) is 4.63. The minimum atomic E-state index is -0.817. The zero-order valence-corrected chi connectivity index (χ0v) is 12.1. The fraction of sp³-hybridized carbons (Fsp3) is 0.267. The first-order valence-corrected chi connectivity index (χ1v) is 7.00. The van der Waals surface area contributed by atoms with Crippen molar-refractivity contribution in [3.8, 4) is 11.5 Å². The largest absolute Gasteiger partial charge is 0.493 e. The van der Waals surface area contributed by atoms with Gasteiger partial charge in [-0.25, -0.2) is 0 Å². The van der Waals surface area contributed by atoms with E-state index in [-0.39, 0.29) is 0 Å². The molecule has 5 heteroatoms. The van der Waals surface area contributed by atoms with E-state index in [1.165, 1.54) is 11.3 Å². The summed E-state index contributed by atoms with van der Waals surface area (Å²) in [7, 11) is 3.14. The van der Waals surface area contributed by atoms with Gasteiger partial charge in [-0.2, -0.15) is 0 Å². The summed E-state index contributed by atoms with van der Waals surface area (Å²) in [6, 6.07) is 9.20. The summed E-state index contributed by atoms with van der Waals surface area (Å²) in [6.07, 6.45) is 0.427. The Hall–Kier alpha value is -2.01. The van der Waals surface area contributed by atoms with Gasteiger partial charge in [0.15, 0.2) is 11.5 Å². The lowest BCUT2D eigenvalue weighted by Crippen LogP contribution is -2.13. The summed E-state index contributed by atoms with van der Waals surface area (Å²) >= 11 is 1.46. The normalized spacial score (nSPS) is 11.9. The third-order valence-electron chi connectivity index (χ3n) is 3.07. The number of ether oxygens (including phenoxy) is 2. The van der Waals surface area contributed by atoms with Crippen LogP contribution < -0.4 is 9.47 Å². The van der Waals surface area contributed by atoms with Crippen molar-refractivity contribution in [2.75, 3.05) is 14.2 Å². The Balaban J connectivity index is 2.25. The number of carboxylic acid groups (broad SMARTS) is 1. The van der Waals surface area contributed by atoms with Crippen molar-refractivity contribution in [3.63, 3.8) is 0 Å². The smallest absolute Gasteiger partial charge is 0.312 e. The number of carboxylic acids is 1. The van der Waals surface area contributed by atoms with Crippen LogP contribution in [0.15, 0.2) is 35.7 Å². The minimum absolute atomic E-state index is 0.427. The fourth-order valence-electron chi connectivity index (χ4n) is 2.04. The predicted octanol–water partition coefficient (Wildman–Crippen LogP) is 3.18. The average molecular weight is 292 g/mol. The van der Waals surface area contributed by atoms with Gasteiger partial charge in [-0.05, 0) is 35.6 Å². The van der Waals surface area contributed by atoms with Crippen molar-refractivity contribution in [2.45, 2.75) is 12.3 Å². The molecule has 0 saturated heterocycles. The number of methoxy groups -OCH3 is 2. The number of hydrogen-bond donors (Lipinski definition) is 1. The van der Waals surface area contributed by atoms with E-state index in [2.05, 4.69) is 0 Å². The van der Waals surface area contributed by atoms with E-state index >= 15 is 0 Å². The van der Waals surface area contributed by atoms with Crippen LogP contribution >= 0.6 is 11.3 Å².